The van der Waals surface area contributed by atoms with E-state index in [1.807, 2.05) is 0 Å². The monoisotopic (exact) mass is 548 g/mol. The molecule has 0 amide bonds. The first-order chi connectivity index (χ1) is 17.3. The van der Waals surface area contributed by atoms with Crippen LogP contribution in [0.15, 0.2) is 0 Å². The van der Waals surface area contributed by atoms with E-state index in [1.165, 1.54) is 0 Å². The molecule has 3 unspecified atom stereocenters. The number of aliphatic hydroxyl groups is 12. The SMILES string of the molecule is CC(O)C1(O[C@H]2[C@H](O)[C@@H](O)C(O[C@H]3[C@H](O)[C@@H](O)[C@@H](O)O[C@@H]3CO)O[C@@H]2CO)O[C@H](CO)[C@@H](O)[C@H](O)[C@H]1O. The molecule has 37 heavy (non-hydrogen) atoms. The summed E-state index contributed by atoms with van der Waals surface area (Å²) in [5, 5.41) is 121. The molecule has 3 rings (SSSR count). The van der Waals surface area contributed by atoms with Crippen LogP contribution in [0.1, 0.15) is 6.92 Å². The minimum atomic E-state index is -2.59. The van der Waals surface area contributed by atoms with Crippen LogP contribution in [0.2, 0.25) is 0 Å². The molecule has 16 atom stereocenters. The van der Waals surface area contributed by atoms with Crippen molar-refractivity contribution in [1.82, 2.24) is 0 Å². The average molecular weight is 548 g/mol. The molecule has 0 aromatic rings. The zero-order chi connectivity index (χ0) is 27.8. The van der Waals surface area contributed by atoms with Crippen molar-refractivity contribution < 1.29 is 85.0 Å². The van der Waals surface area contributed by atoms with E-state index >= 15 is 0 Å². The van der Waals surface area contributed by atoms with Gasteiger partial charge in [-0.05, 0) is 6.92 Å². The summed E-state index contributed by atoms with van der Waals surface area (Å²) in [6.45, 7) is -1.50. The van der Waals surface area contributed by atoms with Crippen molar-refractivity contribution in [3.8, 4) is 0 Å². The van der Waals surface area contributed by atoms with Crippen LogP contribution >= 0.6 is 0 Å². The van der Waals surface area contributed by atoms with Crippen LogP contribution < -0.4 is 0 Å². The largest absolute Gasteiger partial charge is 0.394 e. The summed E-state index contributed by atoms with van der Waals surface area (Å²) in [6, 6.07) is 0. The third-order valence-electron chi connectivity index (χ3n) is 6.84. The molecule has 3 heterocycles. The van der Waals surface area contributed by atoms with Crippen LogP contribution in [0.25, 0.3) is 0 Å². The second-order valence-corrected chi connectivity index (χ2v) is 9.28. The Labute approximate surface area is 210 Å². The van der Waals surface area contributed by atoms with Crippen molar-refractivity contribution in [3.63, 3.8) is 0 Å². The highest BCUT2D eigenvalue weighted by molar-refractivity contribution is 5.02. The molecule has 0 saturated carbocycles. The van der Waals surface area contributed by atoms with Crippen molar-refractivity contribution in [3.05, 3.63) is 0 Å². The smallest absolute Gasteiger partial charge is 0.224 e. The molecule has 3 fully saturated rings. The second-order valence-electron chi connectivity index (χ2n) is 9.28. The van der Waals surface area contributed by atoms with Crippen molar-refractivity contribution in [2.45, 2.75) is 105 Å². The number of rotatable bonds is 8. The molecule has 0 aromatic heterocycles. The third kappa shape index (κ3) is 5.65. The molecule has 0 spiro atoms. The zero-order valence-corrected chi connectivity index (χ0v) is 19.7. The van der Waals surface area contributed by atoms with Gasteiger partial charge in [0.25, 0.3) is 0 Å². The molecular weight excluding hydrogens is 512 g/mol. The maximum atomic E-state index is 10.8. The summed E-state index contributed by atoms with van der Waals surface area (Å²) >= 11 is 0. The molecule has 3 aliphatic rings. The Balaban J connectivity index is 1.83. The van der Waals surface area contributed by atoms with Crippen LogP contribution in [-0.2, 0) is 23.7 Å². The Kier molecular flexibility index (Phi) is 10.2. The molecule has 12 N–H and O–H groups in total. The van der Waals surface area contributed by atoms with E-state index in [1.54, 1.807) is 0 Å². The third-order valence-corrected chi connectivity index (χ3v) is 6.84. The van der Waals surface area contributed by atoms with E-state index in [-0.39, 0.29) is 0 Å². The van der Waals surface area contributed by atoms with Crippen molar-refractivity contribution in [2.24, 2.45) is 0 Å². The molecule has 0 bridgehead atoms. The van der Waals surface area contributed by atoms with Crippen LogP contribution in [-0.4, -0.2) is 179 Å². The van der Waals surface area contributed by atoms with Gasteiger partial charge in [0.05, 0.1) is 19.8 Å². The molecule has 17 heteroatoms. The van der Waals surface area contributed by atoms with Gasteiger partial charge in [-0.25, -0.2) is 0 Å². The second kappa shape index (κ2) is 12.2. The molecule has 17 nitrogen and oxygen atoms in total. The van der Waals surface area contributed by atoms with Gasteiger partial charge < -0.3 is 85.0 Å². The van der Waals surface area contributed by atoms with Gasteiger partial charge in [-0.15, -0.1) is 0 Å². The zero-order valence-electron chi connectivity index (χ0n) is 19.7. The van der Waals surface area contributed by atoms with E-state index < -0.39 is 118 Å². The predicted molar refractivity (Wildman–Crippen MR) is 112 cm³/mol. The molecular formula is C20H36O17. The fourth-order valence-electron chi connectivity index (χ4n) is 4.62. The van der Waals surface area contributed by atoms with Gasteiger partial charge in [-0.3, -0.25) is 0 Å². The Morgan fingerprint density at radius 2 is 1.22 bits per heavy atom. The van der Waals surface area contributed by atoms with Gasteiger partial charge >= 0.3 is 0 Å². The van der Waals surface area contributed by atoms with Gasteiger partial charge in [0.2, 0.25) is 5.79 Å². The Morgan fingerprint density at radius 3 is 1.76 bits per heavy atom. The summed E-state index contributed by atoms with van der Waals surface area (Å²) < 4.78 is 26.9. The first kappa shape index (κ1) is 30.9. The van der Waals surface area contributed by atoms with E-state index in [0.29, 0.717) is 0 Å². The number of hydrogen-bond donors (Lipinski definition) is 12. The Hall–Kier alpha value is -0.680. The fourth-order valence-corrected chi connectivity index (χ4v) is 4.62. The lowest BCUT2D eigenvalue weighted by Gasteiger charge is -2.53. The highest BCUT2D eigenvalue weighted by Gasteiger charge is 2.61. The highest BCUT2D eigenvalue weighted by atomic mass is 16.8. The van der Waals surface area contributed by atoms with Crippen molar-refractivity contribution in [1.29, 1.82) is 0 Å². The summed E-state index contributed by atoms with van der Waals surface area (Å²) in [5.74, 6) is -2.59. The lowest BCUT2D eigenvalue weighted by Crippen LogP contribution is -2.73. The quantitative estimate of drug-likeness (QED) is 0.134. The van der Waals surface area contributed by atoms with Crippen molar-refractivity contribution >= 4 is 0 Å². The predicted octanol–water partition coefficient (Wildman–Crippen LogP) is -7.82. The summed E-state index contributed by atoms with van der Waals surface area (Å²) in [6.07, 6.45) is -27.0. The standard InChI is InChI=1S/C20H36O17/c1-5(24)20(17(31)12(28)9(25)6(2-21)36-20)37-16-8(4-23)34-19(14(30)11(16)27)35-15-7(3-22)33-18(32)13(29)10(15)26/h5-19,21-32H,2-4H2,1H3/t5?,6-,7-,8-,9-,10-,11-,12+,13-,14-,15-,16-,17-,18+,19?,20?/m1/s1. The average Bonchev–Trinajstić information content (AvgIpc) is 2.88. The van der Waals surface area contributed by atoms with Gasteiger partial charge in [-0.1, -0.05) is 0 Å². The van der Waals surface area contributed by atoms with E-state index in [4.69, 9.17) is 23.7 Å². The Morgan fingerprint density at radius 1 is 0.676 bits per heavy atom. The van der Waals surface area contributed by atoms with Crippen molar-refractivity contribution in [2.75, 3.05) is 19.8 Å². The summed E-state index contributed by atoms with van der Waals surface area (Å²) in [7, 11) is 0. The first-order valence-electron chi connectivity index (χ1n) is 11.6. The van der Waals surface area contributed by atoms with E-state index in [2.05, 4.69) is 0 Å². The number of hydrogen-bond acceptors (Lipinski definition) is 17. The van der Waals surface area contributed by atoms with Gasteiger partial charge in [0.15, 0.2) is 12.6 Å². The first-order valence-corrected chi connectivity index (χ1v) is 11.6. The topological polar surface area (TPSA) is 289 Å². The minimum Gasteiger partial charge on any atom is -0.394 e. The number of aliphatic hydroxyl groups excluding tert-OH is 12. The van der Waals surface area contributed by atoms with E-state index in [0.717, 1.165) is 6.92 Å². The Bertz CT molecular complexity index is 723. The maximum Gasteiger partial charge on any atom is 0.224 e. The maximum absolute atomic E-state index is 10.8. The van der Waals surface area contributed by atoms with Crippen LogP contribution in [0.5, 0.6) is 0 Å². The van der Waals surface area contributed by atoms with Crippen LogP contribution in [0.3, 0.4) is 0 Å². The molecule has 3 saturated heterocycles. The van der Waals surface area contributed by atoms with E-state index in [9.17, 15) is 61.3 Å². The lowest BCUT2D eigenvalue weighted by atomic mass is 9.88. The van der Waals surface area contributed by atoms with Crippen LogP contribution in [0, 0.1) is 0 Å². The summed E-state index contributed by atoms with van der Waals surface area (Å²) in [4.78, 5) is 0. The molecule has 0 radical (unpaired) electrons. The lowest BCUT2D eigenvalue weighted by molar-refractivity contribution is -0.425. The van der Waals surface area contributed by atoms with Gasteiger partial charge in [0.1, 0.15) is 79.4 Å². The molecule has 0 aliphatic carbocycles. The molecule has 3 aliphatic heterocycles. The van der Waals surface area contributed by atoms with Crippen LogP contribution in [0.4, 0.5) is 0 Å². The van der Waals surface area contributed by atoms with Gasteiger partial charge in [-0.2, -0.15) is 0 Å². The highest BCUT2D eigenvalue weighted by Crippen LogP contribution is 2.38. The molecule has 0 aromatic carbocycles. The fraction of sp³-hybridized carbons (Fsp3) is 1.00. The molecule has 218 valence electrons. The number of ether oxygens (including phenoxy) is 5. The minimum absolute atomic E-state index is 0.793. The normalized spacial score (nSPS) is 52.1. The van der Waals surface area contributed by atoms with Gasteiger partial charge in [0, 0.05) is 0 Å². The summed E-state index contributed by atoms with van der Waals surface area (Å²) in [5.41, 5.74) is 0.